The Kier molecular flexibility index (Phi) is 15.3. The number of nitrogens with zero attached hydrogens (tertiary/aromatic N) is 11. The second-order valence-corrected chi connectivity index (χ2v) is 32.0. The quantitative estimate of drug-likeness (QED) is 0.160. The van der Waals surface area contributed by atoms with Gasteiger partial charge in [0.05, 0.1) is 95.1 Å². The van der Waals surface area contributed by atoms with Gasteiger partial charge in [-0.3, -0.25) is 14.7 Å². The molecule has 7 fully saturated rings. The zero-order valence-electron chi connectivity index (χ0n) is 57.8. The van der Waals surface area contributed by atoms with Crippen molar-refractivity contribution in [1.29, 1.82) is 0 Å². The normalized spacial score (nSPS) is 31.9. The highest BCUT2D eigenvalue weighted by Gasteiger charge is 2.65. The zero-order valence-corrected chi connectivity index (χ0v) is 59.5. The summed E-state index contributed by atoms with van der Waals surface area (Å²) >= 11 is 3.79. The van der Waals surface area contributed by atoms with Gasteiger partial charge >= 0.3 is 0 Å². The molecular weight excluding hydrogens is 1180 g/mol. The Balaban J connectivity index is 0.0000000963. The van der Waals surface area contributed by atoms with Crippen molar-refractivity contribution in [3.8, 4) is 0 Å². The minimum Gasteiger partial charge on any atom is -0.465 e. The number of hydrogen-bond acceptors (Lipinski definition) is 8. The van der Waals surface area contributed by atoms with Gasteiger partial charge in [-0.25, -0.2) is 32.6 Å². The molecule has 14 heteroatoms. The maximum atomic E-state index is 5.76. The highest BCUT2D eigenvalue weighted by Crippen LogP contribution is 2.63. The smallest absolute Gasteiger partial charge is 0.277 e. The first-order valence-corrected chi connectivity index (χ1v) is 36.5. The van der Waals surface area contributed by atoms with Crippen LogP contribution in [0.1, 0.15) is 182 Å². The average molecular weight is 1280 g/mol. The van der Waals surface area contributed by atoms with Gasteiger partial charge in [0, 0.05) is 102 Å². The van der Waals surface area contributed by atoms with Crippen LogP contribution in [0.5, 0.6) is 0 Å². The van der Waals surface area contributed by atoms with E-state index in [1.54, 1.807) is 27.1 Å². The zero-order chi connectivity index (χ0) is 64.8. The summed E-state index contributed by atoms with van der Waals surface area (Å²) in [6.07, 6.45) is 25.4. The van der Waals surface area contributed by atoms with E-state index < -0.39 is 0 Å². The van der Waals surface area contributed by atoms with E-state index >= 15 is 0 Å². The Hall–Kier alpha value is -7.29. The molecule has 0 amide bonds. The Morgan fingerprint density at radius 2 is 0.871 bits per heavy atom. The van der Waals surface area contributed by atoms with Gasteiger partial charge in [0.15, 0.2) is 11.8 Å². The van der Waals surface area contributed by atoms with Crippen molar-refractivity contribution in [2.75, 3.05) is 24.5 Å². The minimum absolute atomic E-state index is 0.218. The fourth-order valence-corrected chi connectivity index (χ4v) is 22.2. The number of furan rings is 1. The molecule has 1 saturated carbocycles. The molecule has 0 radical (unpaired) electrons. The number of pyridine rings is 5. The number of fused-ring (bicyclic) bond motifs is 23. The third-order valence-electron chi connectivity index (χ3n) is 25.8. The van der Waals surface area contributed by atoms with Crippen molar-refractivity contribution in [1.82, 2.24) is 4.57 Å². The molecule has 9 aromatic heterocycles. The molecule has 93 heavy (non-hydrogen) atoms. The van der Waals surface area contributed by atoms with Crippen LogP contribution in [-0.4, -0.2) is 40.8 Å². The van der Waals surface area contributed by atoms with E-state index in [1.807, 2.05) is 28.9 Å². The molecule has 0 N–H and O–H groups in total. The first-order valence-electron chi connectivity index (χ1n) is 34.7. The lowest BCUT2D eigenvalue weighted by Gasteiger charge is -2.46. The van der Waals surface area contributed by atoms with Crippen LogP contribution in [0.25, 0.3) is 0 Å². The maximum Gasteiger partial charge on any atom is 0.277 e. The van der Waals surface area contributed by atoms with Crippen LogP contribution in [0, 0.1) is 5.92 Å². The van der Waals surface area contributed by atoms with Crippen LogP contribution in [-0.2, 0) is 63.9 Å². The van der Waals surface area contributed by atoms with E-state index in [0.29, 0.717) is 59.2 Å². The second-order valence-electron chi connectivity index (χ2n) is 30.3. The van der Waals surface area contributed by atoms with E-state index in [4.69, 9.17) is 4.42 Å². The molecule has 10 bridgehead atoms. The van der Waals surface area contributed by atoms with E-state index in [-0.39, 0.29) is 10.8 Å². The molecule has 6 aliphatic heterocycles. The SMILES string of the molecule is CC1C2CCC(CC2)N1c1cccc[n+]1C.CC1N(c2cccc[n+]2C)C2CC1(C)c1ccn(C)c12.CC1N(c2cccc[n+]2C)C2CC1(C)c1ccoc12.CC1N(c2cccc[n+]2C)C2CC1(C)c1ccsc12.CC1N(c2cccc[n+]2C)C2CC1(C)c1cscc12. The standard InChI is InChI=1S/C17H22N3.C16H19N2O.2C16H19N2S.C14H21N2/c1-12-17(2)11-14(16-13(17)8-10-19(16)4)20(12)15-7-5-6-9-18(15)3;2*1-11-16(2)10-13(15-12(16)7-9-19-15)18(11)14-6-4-5-8-17(14)3;1-11-16(2)8-14(12-9-19-10-13(12)16)18(11)15-6-4-5-7-17(15)3;1-11-12-6-8-13(9-7-12)16(11)14-5-3-4-10-15(14)2/h5-10,12,14H,11H2,1-4H3;2*4-9,11,13H,10H2,1-3H3;4-7,9-11,14H,8H2,1-3H3;3-5,10-13H,6-9H2,1-2H3/q5*+1. The number of rotatable bonds is 5. The van der Waals surface area contributed by atoms with Crippen molar-refractivity contribution in [3.63, 3.8) is 0 Å². The number of anilines is 5. The molecule has 20 rings (SSSR count). The third kappa shape index (κ3) is 9.37. The molecule has 11 aliphatic rings. The predicted octanol–water partition coefficient (Wildman–Crippen LogP) is 13.8. The minimum atomic E-state index is 0.218. The van der Waals surface area contributed by atoms with Crippen LogP contribution in [0.15, 0.2) is 173 Å². The molecule has 0 aromatic carbocycles. The predicted molar refractivity (Wildman–Crippen MR) is 375 cm³/mol. The van der Waals surface area contributed by atoms with Crippen molar-refractivity contribution in [2.45, 2.75) is 196 Å². The molecule has 9 aromatic rings. The van der Waals surface area contributed by atoms with Crippen molar-refractivity contribution in [2.24, 2.45) is 48.2 Å². The molecule has 484 valence electrons. The summed E-state index contributed by atoms with van der Waals surface area (Å²) in [6, 6.07) is 44.9. The van der Waals surface area contributed by atoms with Crippen LogP contribution < -0.4 is 47.3 Å². The number of thiophene rings is 2. The lowest BCUT2D eigenvalue weighted by Crippen LogP contribution is -2.57. The summed E-state index contributed by atoms with van der Waals surface area (Å²) in [7, 11) is 12.9. The lowest BCUT2D eigenvalue weighted by atomic mass is 9.75. The van der Waals surface area contributed by atoms with E-state index in [9.17, 15) is 0 Å². The topological polar surface area (TPSA) is 53.7 Å². The van der Waals surface area contributed by atoms with Gasteiger partial charge in [-0.05, 0) is 148 Å². The Bertz CT molecular complexity index is 3980. The van der Waals surface area contributed by atoms with Gasteiger partial charge < -0.3 is 8.98 Å². The third-order valence-corrected chi connectivity index (χ3v) is 27.6. The summed E-state index contributed by atoms with van der Waals surface area (Å²) < 4.78 is 19.3. The van der Waals surface area contributed by atoms with E-state index in [2.05, 4.69) is 319 Å². The fourth-order valence-electron chi connectivity index (χ4n) is 20.0. The van der Waals surface area contributed by atoms with Crippen molar-refractivity contribution >= 4 is 51.8 Å². The lowest BCUT2D eigenvalue weighted by molar-refractivity contribution is -0.659. The van der Waals surface area contributed by atoms with Gasteiger partial charge in [-0.15, -0.1) is 11.3 Å². The summed E-state index contributed by atoms with van der Waals surface area (Å²) in [5.41, 5.74) is 10.4. The largest absolute Gasteiger partial charge is 0.465 e. The average Bonchev–Trinajstić information content (AvgIpc) is 1.57. The molecule has 5 aliphatic carbocycles. The molecule has 13 atom stereocenters. The van der Waals surface area contributed by atoms with Crippen LogP contribution in [0.2, 0.25) is 0 Å². The van der Waals surface area contributed by atoms with Crippen molar-refractivity contribution in [3.05, 3.63) is 213 Å². The first-order chi connectivity index (χ1) is 44.7. The highest BCUT2D eigenvalue weighted by molar-refractivity contribution is 7.10. The van der Waals surface area contributed by atoms with Crippen molar-refractivity contribution < 1.29 is 27.3 Å². The Morgan fingerprint density at radius 3 is 1.39 bits per heavy atom. The molecule has 12 nitrogen and oxygen atoms in total. The number of aryl methyl sites for hydroxylation is 6. The van der Waals surface area contributed by atoms with Gasteiger partial charge in [-0.1, -0.05) is 58.0 Å². The Morgan fingerprint density at radius 1 is 0.441 bits per heavy atom. The molecular formula is C79H100N11OS2+5. The Labute approximate surface area is 561 Å². The van der Waals surface area contributed by atoms with Crippen LogP contribution in [0.4, 0.5) is 29.1 Å². The van der Waals surface area contributed by atoms with Gasteiger partial charge in [0.1, 0.15) is 42.3 Å². The summed E-state index contributed by atoms with van der Waals surface area (Å²) in [5.74, 6) is 8.74. The van der Waals surface area contributed by atoms with Gasteiger partial charge in [-0.2, -0.15) is 11.3 Å². The second kappa shape index (κ2) is 23.0. The van der Waals surface area contributed by atoms with E-state index in [1.165, 1.54) is 91.1 Å². The first kappa shape index (κ1) is 61.9. The summed E-state index contributed by atoms with van der Waals surface area (Å²) in [6.45, 7) is 21.6. The fraction of sp³-hybridized carbons (Fsp3) is 0.481. The molecule has 6 saturated heterocycles. The van der Waals surface area contributed by atoms with Crippen LogP contribution in [0.3, 0.4) is 0 Å². The molecule has 0 spiro atoms. The summed E-state index contributed by atoms with van der Waals surface area (Å²) in [4.78, 5) is 14.6. The monoisotopic (exact) mass is 1280 g/mol. The molecule has 13 unspecified atom stereocenters. The van der Waals surface area contributed by atoms with E-state index in [0.717, 1.165) is 24.4 Å². The number of piperidine rings is 2. The maximum absolute atomic E-state index is 5.76. The van der Waals surface area contributed by atoms with Gasteiger partial charge in [0.25, 0.3) is 29.1 Å². The summed E-state index contributed by atoms with van der Waals surface area (Å²) in [5, 5.41) is 6.98. The highest BCUT2D eigenvalue weighted by atomic mass is 32.1. The molecule has 15 heterocycles. The van der Waals surface area contributed by atoms with Crippen LogP contribution >= 0.6 is 22.7 Å². The number of hydrogen-bond donors (Lipinski definition) is 0. The number of aromatic nitrogens is 6. The van der Waals surface area contributed by atoms with Gasteiger partial charge in [0.2, 0.25) is 0 Å².